The van der Waals surface area contributed by atoms with Crippen molar-refractivity contribution in [3.63, 3.8) is 0 Å². The molecule has 0 radical (unpaired) electrons. The Bertz CT molecular complexity index is 1450. The minimum Gasteiger partial charge on any atom is -0.506 e. The van der Waals surface area contributed by atoms with E-state index in [9.17, 15) is 33.2 Å². The average molecular weight is 574 g/mol. The van der Waals surface area contributed by atoms with Gasteiger partial charge in [0.1, 0.15) is 5.75 Å². The molecule has 10 nitrogen and oxygen atoms in total. The minimum absolute atomic E-state index is 0.0329. The van der Waals surface area contributed by atoms with E-state index in [1.54, 1.807) is 31.2 Å². The van der Waals surface area contributed by atoms with E-state index in [-0.39, 0.29) is 33.1 Å². The molecule has 0 fully saturated rings. The number of aromatic hydroxyl groups is 1. The zero-order valence-electron chi connectivity index (χ0n) is 22.0. The first kappa shape index (κ1) is 30.3. The number of hydrogen-bond acceptors (Lipinski definition) is 8. The van der Waals surface area contributed by atoms with Gasteiger partial charge in [0.25, 0.3) is 10.0 Å². The van der Waals surface area contributed by atoms with Crippen molar-refractivity contribution in [3.8, 4) is 5.75 Å². The molecule has 2 atom stereocenters. The van der Waals surface area contributed by atoms with Gasteiger partial charge in [-0.1, -0.05) is 38.1 Å². The summed E-state index contributed by atoms with van der Waals surface area (Å²) in [7, 11) is -5.78. The molecule has 0 bridgehead atoms. The van der Waals surface area contributed by atoms with Crippen LogP contribution in [0.4, 0.5) is 11.4 Å². The molecule has 13 heteroatoms. The average Bonchev–Trinajstić information content (AvgIpc) is 2.85. The van der Waals surface area contributed by atoms with Gasteiger partial charge >= 0.3 is 7.12 Å². The molecule has 39 heavy (non-hydrogen) atoms. The summed E-state index contributed by atoms with van der Waals surface area (Å²) in [6, 6.07) is 13.8. The van der Waals surface area contributed by atoms with Gasteiger partial charge in [0.05, 0.1) is 26.7 Å². The molecule has 0 spiro atoms. The van der Waals surface area contributed by atoms with Crippen molar-refractivity contribution < 1.29 is 33.2 Å². The quantitative estimate of drug-likeness (QED) is 0.116. The Hall–Kier alpha value is -3.26. The lowest BCUT2D eigenvalue weighted by atomic mass is 9.75. The molecule has 3 aromatic carbocycles. The standard InChI is InChI=1S/C26H32BN3O7S2/c1-15(2)13-24(27(34)35)29-26(33)16(3)38-23-14-22(20-7-5-6-8-21(20)25(23)32)30-39(36,37)19-11-9-18(10-12-19)28-17(4)31/h5-12,14-16,24,30,32,34-35H,13H2,1-4H3,(H,28,31)(H,29,33)/t16?,24-/m0/s1. The maximum absolute atomic E-state index is 13.2. The molecular formula is C26H32BN3O7S2. The van der Waals surface area contributed by atoms with E-state index >= 15 is 0 Å². The Morgan fingerprint density at radius 3 is 2.18 bits per heavy atom. The fourth-order valence-electron chi connectivity index (χ4n) is 3.94. The Balaban J connectivity index is 1.90. The second-order valence-electron chi connectivity index (χ2n) is 9.55. The van der Waals surface area contributed by atoms with E-state index in [4.69, 9.17) is 0 Å². The first-order valence-electron chi connectivity index (χ1n) is 12.3. The van der Waals surface area contributed by atoms with Gasteiger partial charge in [-0.25, -0.2) is 8.42 Å². The van der Waals surface area contributed by atoms with E-state index in [2.05, 4.69) is 15.4 Å². The number of phenolic OH excluding ortho intramolecular Hbond substituents is 1. The van der Waals surface area contributed by atoms with Crippen molar-refractivity contribution in [1.82, 2.24) is 5.32 Å². The molecule has 0 aromatic heterocycles. The summed E-state index contributed by atoms with van der Waals surface area (Å²) in [6.45, 7) is 6.74. The molecule has 6 N–H and O–H groups in total. The zero-order valence-corrected chi connectivity index (χ0v) is 23.6. The third-order valence-electron chi connectivity index (χ3n) is 5.80. The predicted octanol–water partition coefficient (Wildman–Crippen LogP) is 3.33. The molecule has 2 amide bonds. The number of sulfonamides is 1. The van der Waals surface area contributed by atoms with Crippen LogP contribution in [0.5, 0.6) is 5.75 Å². The van der Waals surface area contributed by atoms with Crippen LogP contribution >= 0.6 is 11.8 Å². The molecular weight excluding hydrogens is 541 g/mol. The van der Waals surface area contributed by atoms with Crippen LogP contribution < -0.4 is 15.4 Å². The van der Waals surface area contributed by atoms with Gasteiger partial charge in [0.2, 0.25) is 11.8 Å². The second-order valence-corrected chi connectivity index (χ2v) is 12.6. The molecule has 1 unspecified atom stereocenters. The highest BCUT2D eigenvalue weighted by atomic mass is 32.2. The molecule has 3 rings (SSSR count). The van der Waals surface area contributed by atoms with Crippen LogP contribution in [-0.2, 0) is 19.6 Å². The number of benzene rings is 3. The summed E-state index contributed by atoms with van der Waals surface area (Å²) in [6.07, 6.45) is 0.361. The highest BCUT2D eigenvalue weighted by molar-refractivity contribution is 8.00. The number of amides is 2. The van der Waals surface area contributed by atoms with Gasteiger partial charge in [-0.15, -0.1) is 11.8 Å². The Morgan fingerprint density at radius 2 is 1.62 bits per heavy atom. The number of rotatable bonds is 11. The Labute approximate surface area is 232 Å². The van der Waals surface area contributed by atoms with E-state index in [0.29, 0.717) is 22.9 Å². The van der Waals surface area contributed by atoms with Crippen molar-refractivity contribution >= 4 is 62.9 Å². The van der Waals surface area contributed by atoms with Gasteiger partial charge in [0.15, 0.2) is 0 Å². The topological polar surface area (TPSA) is 165 Å². The van der Waals surface area contributed by atoms with Crippen LogP contribution in [0.1, 0.15) is 34.1 Å². The normalized spacial score (nSPS) is 13.1. The zero-order chi connectivity index (χ0) is 28.9. The molecule has 0 aliphatic rings. The van der Waals surface area contributed by atoms with Gasteiger partial charge in [0, 0.05) is 23.4 Å². The molecule has 0 saturated carbocycles. The van der Waals surface area contributed by atoms with Crippen LogP contribution in [0.15, 0.2) is 64.4 Å². The summed E-state index contributed by atoms with van der Waals surface area (Å²) in [5.41, 5.74) is 0.653. The fraction of sp³-hybridized carbons (Fsp3) is 0.308. The van der Waals surface area contributed by atoms with Crippen molar-refractivity contribution in [2.24, 2.45) is 5.92 Å². The summed E-state index contributed by atoms with van der Waals surface area (Å²) in [5.74, 6) is -1.60. The largest absolute Gasteiger partial charge is 0.506 e. The van der Waals surface area contributed by atoms with Gasteiger partial charge in [-0.05, 0) is 49.6 Å². The molecule has 0 saturated heterocycles. The number of carbonyl (C=O) groups is 2. The van der Waals surface area contributed by atoms with E-state index in [0.717, 1.165) is 11.8 Å². The lowest BCUT2D eigenvalue weighted by Gasteiger charge is -2.22. The summed E-state index contributed by atoms with van der Waals surface area (Å²) in [5, 5.41) is 35.6. The Morgan fingerprint density at radius 1 is 1.00 bits per heavy atom. The summed E-state index contributed by atoms with van der Waals surface area (Å²) >= 11 is 1.01. The molecule has 0 aliphatic heterocycles. The number of carbonyl (C=O) groups excluding carboxylic acids is 2. The van der Waals surface area contributed by atoms with Crippen LogP contribution in [0, 0.1) is 5.92 Å². The van der Waals surface area contributed by atoms with Crippen LogP contribution in [-0.4, -0.2) is 53.7 Å². The Kier molecular flexibility index (Phi) is 9.89. The smallest absolute Gasteiger partial charge is 0.475 e. The summed E-state index contributed by atoms with van der Waals surface area (Å²) < 4.78 is 29.0. The second kappa shape index (κ2) is 12.7. The van der Waals surface area contributed by atoms with Gasteiger partial charge in [-0.3, -0.25) is 14.3 Å². The first-order chi connectivity index (χ1) is 18.3. The molecule has 208 valence electrons. The number of fused-ring (bicyclic) bond motifs is 1. The lowest BCUT2D eigenvalue weighted by Crippen LogP contribution is -2.49. The van der Waals surface area contributed by atoms with Gasteiger partial charge < -0.3 is 25.8 Å². The number of hydrogen-bond donors (Lipinski definition) is 6. The minimum atomic E-state index is -4.05. The monoisotopic (exact) mass is 573 g/mol. The number of thioether (sulfide) groups is 1. The molecule has 3 aromatic rings. The highest BCUT2D eigenvalue weighted by Crippen LogP contribution is 2.42. The van der Waals surface area contributed by atoms with E-state index < -0.39 is 34.2 Å². The van der Waals surface area contributed by atoms with Crippen LogP contribution in [0.2, 0.25) is 0 Å². The highest BCUT2D eigenvalue weighted by Gasteiger charge is 2.29. The van der Waals surface area contributed by atoms with E-state index in [1.165, 1.54) is 37.3 Å². The van der Waals surface area contributed by atoms with Crippen LogP contribution in [0.25, 0.3) is 10.8 Å². The van der Waals surface area contributed by atoms with Crippen LogP contribution in [0.3, 0.4) is 0 Å². The van der Waals surface area contributed by atoms with Crippen molar-refractivity contribution in [2.45, 2.75) is 55.1 Å². The maximum Gasteiger partial charge on any atom is 0.475 e. The van der Waals surface area contributed by atoms with Crippen molar-refractivity contribution in [3.05, 3.63) is 54.6 Å². The predicted molar refractivity (Wildman–Crippen MR) is 154 cm³/mol. The first-order valence-corrected chi connectivity index (χ1v) is 14.6. The molecule has 0 aliphatic carbocycles. The number of phenols is 1. The fourth-order valence-corrected chi connectivity index (χ4v) is 5.97. The SMILES string of the molecule is CC(=O)Nc1ccc(S(=O)(=O)Nc2cc(SC(C)C(=O)N[C@@H](CC(C)C)B(O)O)c(O)c3ccccc23)cc1. The van der Waals surface area contributed by atoms with Gasteiger partial charge in [-0.2, -0.15) is 0 Å². The van der Waals surface area contributed by atoms with E-state index in [1.807, 2.05) is 13.8 Å². The third-order valence-corrected chi connectivity index (χ3v) is 8.31. The molecule has 0 heterocycles. The maximum atomic E-state index is 13.2. The van der Waals surface area contributed by atoms with Crippen molar-refractivity contribution in [2.75, 3.05) is 10.0 Å². The number of nitrogens with one attached hydrogen (secondary N) is 3. The number of anilines is 2. The third kappa shape index (κ3) is 7.88. The lowest BCUT2D eigenvalue weighted by molar-refractivity contribution is -0.120. The summed E-state index contributed by atoms with van der Waals surface area (Å²) in [4.78, 5) is 24.3. The van der Waals surface area contributed by atoms with Crippen molar-refractivity contribution in [1.29, 1.82) is 0 Å².